The second kappa shape index (κ2) is 5.61. The molecule has 0 bridgehead atoms. The quantitative estimate of drug-likeness (QED) is 0.423. The van der Waals surface area contributed by atoms with Crippen molar-refractivity contribution in [2.75, 3.05) is 7.11 Å². The number of esters is 1. The number of carbonyl (C=O) groups excluding carboxylic acids is 1. The van der Waals surface area contributed by atoms with E-state index in [1.165, 1.54) is 22.6 Å². The third-order valence-corrected chi connectivity index (χ3v) is 2.68. The minimum Gasteiger partial charge on any atom is -0.465 e. The summed E-state index contributed by atoms with van der Waals surface area (Å²) >= 11 is 1.25. The van der Waals surface area contributed by atoms with Crippen molar-refractivity contribution < 1.29 is 40.6 Å². The van der Waals surface area contributed by atoms with Crippen molar-refractivity contribution in [3.8, 4) is 5.88 Å². The number of methoxy groups -OCH3 is 1. The van der Waals surface area contributed by atoms with E-state index in [0.717, 1.165) is 7.11 Å². The normalized spacial score (nSPS) is 12.2. The zero-order valence-electron chi connectivity index (χ0n) is 9.40. The number of hydrogen-bond acceptors (Lipinski definition) is 4. The van der Waals surface area contributed by atoms with Crippen LogP contribution in [0.15, 0.2) is 6.07 Å². The van der Waals surface area contributed by atoms with Crippen LogP contribution < -0.4 is 4.74 Å². The Labute approximate surface area is 121 Å². The van der Waals surface area contributed by atoms with Gasteiger partial charge in [0, 0.05) is 9.64 Å². The molecule has 0 aliphatic rings. The lowest BCUT2D eigenvalue weighted by Gasteiger charge is -2.15. The van der Waals surface area contributed by atoms with Gasteiger partial charge in [0.2, 0.25) is 5.88 Å². The Morgan fingerprint density at radius 1 is 1.25 bits per heavy atom. The Kier molecular flexibility index (Phi) is 4.71. The molecule has 0 aromatic carbocycles. The molecule has 1 aromatic heterocycles. The van der Waals surface area contributed by atoms with Gasteiger partial charge < -0.3 is 9.47 Å². The minimum absolute atomic E-state index is 0.434. The average molecular weight is 415 g/mol. The summed E-state index contributed by atoms with van der Waals surface area (Å²) in [5.74, 6) is -2.69. The number of aromatic nitrogens is 1. The molecule has 0 spiro atoms. The van der Waals surface area contributed by atoms with E-state index in [9.17, 15) is 31.1 Å². The van der Waals surface area contributed by atoms with Gasteiger partial charge in [-0.3, -0.25) is 0 Å². The Morgan fingerprint density at radius 3 is 2.20 bits per heavy atom. The summed E-state index contributed by atoms with van der Waals surface area (Å²) in [6.07, 6.45) is -10.3. The molecule has 1 heterocycles. The van der Waals surface area contributed by atoms with Crippen LogP contribution in [0, 0.1) is 3.57 Å². The number of alkyl halides is 6. The van der Waals surface area contributed by atoms with Crippen LogP contribution in [0.2, 0.25) is 0 Å². The molecule has 1 rings (SSSR count). The largest absolute Gasteiger partial charge is 0.574 e. The number of halogens is 7. The average Bonchev–Trinajstić information content (AvgIpc) is 2.23. The van der Waals surface area contributed by atoms with E-state index in [-0.39, 0.29) is 0 Å². The fraction of sp³-hybridized carbons (Fsp3) is 0.333. The van der Waals surface area contributed by atoms with Crippen LogP contribution >= 0.6 is 22.6 Å². The van der Waals surface area contributed by atoms with E-state index in [4.69, 9.17) is 0 Å². The Hall–Kier alpha value is -1.27. The highest BCUT2D eigenvalue weighted by atomic mass is 127. The highest BCUT2D eigenvalue weighted by Gasteiger charge is 2.41. The van der Waals surface area contributed by atoms with Crippen LogP contribution in [0.1, 0.15) is 16.1 Å². The van der Waals surface area contributed by atoms with E-state index < -0.39 is 39.2 Å². The van der Waals surface area contributed by atoms with E-state index in [1.807, 2.05) is 0 Å². The van der Waals surface area contributed by atoms with Gasteiger partial charge in [0.1, 0.15) is 5.56 Å². The molecule has 0 amide bonds. The van der Waals surface area contributed by atoms with Crippen LogP contribution in [0.5, 0.6) is 5.88 Å². The van der Waals surface area contributed by atoms with Crippen molar-refractivity contribution in [1.82, 2.24) is 4.98 Å². The van der Waals surface area contributed by atoms with Crippen molar-refractivity contribution in [3.63, 3.8) is 0 Å². The highest BCUT2D eigenvalue weighted by Crippen LogP contribution is 2.35. The number of ether oxygens (including phenoxy) is 2. The molecule has 1 aromatic rings. The summed E-state index contributed by atoms with van der Waals surface area (Å²) in [4.78, 5) is 14.0. The fourth-order valence-electron chi connectivity index (χ4n) is 1.16. The third kappa shape index (κ3) is 4.11. The molecule has 4 nitrogen and oxygen atoms in total. The lowest BCUT2D eigenvalue weighted by Crippen LogP contribution is -2.22. The van der Waals surface area contributed by atoms with Crippen molar-refractivity contribution in [2.45, 2.75) is 12.5 Å². The first kappa shape index (κ1) is 16.8. The molecule has 0 aliphatic heterocycles. The van der Waals surface area contributed by atoms with Crippen LogP contribution in [-0.2, 0) is 10.9 Å². The van der Waals surface area contributed by atoms with Gasteiger partial charge in [-0.05, 0) is 22.6 Å². The van der Waals surface area contributed by atoms with Gasteiger partial charge in [-0.15, -0.1) is 13.2 Å². The summed E-state index contributed by atoms with van der Waals surface area (Å²) in [5, 5.41) is 0. The molecule has 0 aliphatic carbocycles. The van der Waals surface area contributed by atoms with Crippen LogP contribution in [0.3, 0.4) is 0 Å². The molecule has 20 heavy (non-hydrogen) atoms. The topological polar surface area (TPSA) is 48.4 Å². The van der Waals surface area contributed by atoms with E-state index in [2.05, 4.69) is 14.5 Å². The number of rotatable bonds is 2. The minimum atomic E-state index is -5.20. The second-order valence-electron chi connectivity index (χ2n) is 3.20. The van der Waals surface area contributed by atoms with E-state index in [0.29, 0.717) is 6.07 Å². The van der Waals surface area contributed by atoms with Gasteiger partial charge in [0.05, 0.1) is 7.11 Å². The zero-order chi connectivity index (χ0) is 15.7. The predicted molar refractivity (Wildman–Crippen MR) is 60.0 cm³/mol. The molecule has 0 radical (unpaired) electrons. The molecule has 0 unspecified atom stereocenters. The van der Waals surface area contributed by atoms with Gasteiger partial charge in [0.15, 0.2) is 5.69 Å². The first-order chi connectivity index (χ1) is 8.95. The summed E-state index contributed by atoms with van der Waals surface area (Å²) in [5.41, 5.74) is -2.79. The van der Waals surface area contributed by atoms with Gasteiger partial charge in [-0.25, -0.2) is 9.78 Å². The Bertz CT molecular complexity index is 528. The van der Waals surface area contributed by atoms with Gasteiger partial charge in [-0.1, -0.05) is 0 Å². The summed E-state index contributed by atoms with van der Waals surface area (Å²) < 4.78 is 81.2. The maximum absolute atomic E-state index is 12.7. The van der Waals surface area contributed by atoms with Crippen molar-refractivity contribution in [3.05, 3.63) is 20.9 Å². The standard InChI is InChI=1S/C9H4F6INO3/c1-19-7(18)5-3(16)2-4(20-9(13,14)15)17-6(5)8(10,11)12/h2H,1H3. The smallest absolute Gasteiger partial charge is 0.465 e. The lowest BCUT2D eigenvalue weighted by atomic mass is 10.2. The van der Waals surface area contributed by atoms with Gasteiger partial charge in [0.25, 0.3) is 0 Å². The molecule has 0 fully saturated rings. The molecule has 11 heteroatoms. The number of pyridine rings is 1. The Balaban J connectivity index is 3.45. The molecule has 0 saturated heterocycles. The molecule has 112 valence electrons. The second-order valence-corrected chi connectivity index (χ2v) is 4.37. The number of carbonyl (C=O) groups is 1. The van der Waals surface area contributed by atoms with E-state index >= 15 is 0 Å². The number of hydrogen-bond donors (Lipinski definition) is 0. The summed E-state index contributed by atoms with van der Waals surface area (Å²) in [6, 6.07) is 0.551. The first-order valence-corrected chi connectivity index (χ1v) is 5.65. The Morgan fingerprint density at radius 2 is 1.80 bits per heavy atom. The molecule has 0 saturated carbocycles. The van der Waals surface area contributed by atoms with Crippen molar-refractivity contribution in [1.29, 1.82) is 0 Å². The molecular formula is C9H4F6INO3. The van der Waals surface area contributed by atoms with Crippen molar-refractivity contribution >= 4 is 28.6 Å². The highest BCUT2D eigenvalue weighted by molar-refractivity contribution is 14.1. The third-order valence-electron chi connectivity index (χ3n) is 1.83. The molecular weight excluding hydrogens is 411 g/mol. The van der Waals surface area contributed by atoms with Crippen LogP contribution in [-0.4, -0.2) is 24.4 Å². The molecule has 0 N–H and O–H groups in total. The predicted octanol–water partition coefficient (Wildman–Crippen LogP) is 3.39. The first-order valence-electron chi connectivity index (χ1n) is 4.57. The van der Waals surface area contributed by atoms with E-state index in [1.54, 1.807) is 0 Å². The van der Waals surface area contributed by atoms with Gasteiger partial charge >= 0.3 is 18.5 Å². The lowest BCUT2D eigenvalue weighted by molar-refractivity contribution is -0.276. The summed E-state index contributed by atoms with van der Waals surface area (Å²) in [6.45, 7) is 0. The van der Waals surface area contributed by atoms with Crippen LogP contribution in [0.25, 0.3) is 0 Å². The zero-order valence-corrected chi connectivity index (χ0v) is 11.6. The van der Waals surface area contributed by atoms with Crippen LogP contribution in [0.4, 0.5) is 26.3 Å². The van der Waals surface area contributed by atoms with Crippen molar-refractivity contribution in [2.24, 2.45) is 0 Å². The monoisotopic (exact) mass is 415 g/mol. The summed E-state index contributed by atoms with van der Waals surface area (Å²) in [7, 11) is 0.832. The number of nitrogens with zero attached hydrogens (tertiary/aromatic N) is 1. The molecule has 0 atom stereocenters. The fourth-order valence-corrected chi connectivity index (χ4v) is 1.91. The maximum Gasteiger partial charge on any atom is 0.574 e. The van der Waals surface area contributed by atoms with Gasteiger partial charge in [-0.2, -0.15) is 13.2 Å². The SMILES string of the molecule is COC(=O)c1c(I)cc(OC(F)(F)F)nc1C(F)(F)F. The maximum atomic E-state index is 12.7.